The molecule has 0 bridgehead atoms. The van der Waals surface area contributed by atoms with Crippen LogP contribution in [0.1, 0.15) is 0 Å². The number of hydrogen-bond donors (Lipinski definition) is 2. The van der Waals surface area contributed by atoms with Crippen LogP contribution in [0.25, 0.3) is 22.2 Å². The van der Waals surface area contributed by atoms with Gasteiger partial charge in [0.2, 0.25) is 5.91 Å². The Labute approximate surface area is 234 Å². The van der Waals surface area contributed by atoms with E-state index < -0.39 is 0 Å². The number of carbonyl (C=O) groups excluding carboxylic acids is 1. The Bertz CT molecular complexity index is 1510. The summed E-state index contributed by atoms with van der Waals surface area (Å²) in [7, 11) is 5.75. The standard InChI is InChI=1S/C30H35N7O3/c1-5-30(38)34-25-16-24(27(39-4)18-28(25)40-15-14-37-12-10-35(2)11-13-37)33-29-17-23(31-20-32-29)22-19-36(3)26-9-7-6-8-21(22)26/h5-9,16-20H,1,10-15H2,2-4H3,(H,34,38)(H,31,32,33). The number of carbonyl (C=O) groups is 1. The maximum Gasteiger partial charge on any atom is 0.247 e. The molecule has 3 heterocycles. The number of aryl methyl sites for hydroxylation is 1. The molecular formula is C30H35N7O3. The van der Waals surface area contributed by atoms with Crippen molar-refractivity contribution in [1.82, 2.24) is 24.3 Å². The van der Waals surface area contributed by atoms with E-state index in [0.29, 0.717) is 35.3 Å². The van der Waals surface area contributed by atoms with E-state index in [-0.39, 0.29) is 5.91 Å². The lowest BCUT2D eigenvalue weighted by Crippen LogP contribution is -2.45. The first kappa shape index (κ1) is 27.2. The number of fused-ring (bicyclic) bond motifs is 1. The third-order valence-electron chi connectivity index (χ3n) is 7.11. The second kappa shape index (κ2) is 12.2. The van der Waals surface area contributed by atoms with E-state index in [0.717, 1.165) is 54.9 Å². The van der Waals surface area contributed by atoms with Gasteiger partial charge in [-0.05, 0) is 25.3 Å². The molecule has 0 saturated carbocycles. The van der Waals surface area contributed by atoms with E-state index in [1.165, 1.54) is 12.4 Å². The van der Waals surface area contributed by atoms with E-state index in [1.54, 1.807) is 19.2 Å². The number of nitrogens with zero attached hydrogens (tertiary/aromatic N) is 5. The van der Waals surface area contributed by atoms with Crippen molar-refractivity contribution < 1.29 is 14.3 Å². The monoisotopic (exact) mass is 541 g/mol. The number of benzene rings is 2. The number of rotatable bonds is 10. The molecule has 0 radical (unpaired) electrons. The topological polar surface area (TPSA) is 96.8 Å². The van der Waals surface area contributed by atoms with Gasteiger partial charge in [-0.3, -0.25) is 9.69 Å². The largest absolute Gasteiger partial charge is 0.494 e. The molecule has 10 heteroatoms. The Morgan fingerprint density at radius 3 is 2.62 bits per heavy atom. The minimum absolute atomic E-state index is 0.333. The maximum absolute atomic E-state index is 12.2. The zero-order valence-corrected chi connectivity index (χ0v) is 23.2. The predicted molar refractivity (Wildman–Crippen MR) is 158 cm³/mol. The van der Waals surface area contributed by atoms with Gasteiger partial charge in [0.25, 0.3) is 0 Å². The molecule has 1 aliphatic rings. The summed E-state index contributed by atoms with van der Waals surface area (Å²) < 4.78 is 13.9. The Hall–Kier alpha value is -4.41. The number of amides is 1. The van der Waals surface area contributed by atoms with Gasteiger partial charge in [0.05, 0.1) is 24.2 Å². The number of anilines is 3. The Morgan fingerprint density at radius 1 is 1.05 bits per heavy atom. The van der Waals surface area contributed by atoms with Crippen LogP contribution >= 0.6 is 0 Å². The third kappa shape index (κ3) is 6.08. The molecule has 4 aromatic rings. The molecule has 1 fully saturated rings. The second-order valence-corrected chi connectivity index (χ2v) is 9.82. The predicted octanol–water partition coefficient (Wildman–Crippen LogP) is 4.14. The van der Waals surface area contributed by atoms with Crippen molar-refractivity contribution in [2.24, 2.45) is 7.05 Å². The number of methoxy groups -OCH3 is 1. The number of piperazine rings is 1. The van der Waals surface area contributed by atoms with Crippen molar-refractivity contribution >= 4 is 34.0 Å². The molecule has 5 rings (SSSR count). The Kier molecular flexibility index (Phi) is 8.28. The van der Waals surface area contributed by atoms with Crippen molar-refractivity contribution in [2.45, 2.75) is 0 Å². The molecule has 1 saturated heterocycles. The van der Waals surface area contributed by atoms with Gasteiger partial charge in [-0.1, -0.05) is 24.8 Å². The molecule has 2 aromatic carbocycles. The van der Waals surface area contributed by atoms with Crippen molar-refractivity contribution in [2.75, 3.05) is 64.1 Å². The van der Waals surface area contributed by atoms with Crippen molar-refractivity contribution in [1.29, 1.82) is 0 Å². The second-order valence-electron chi connectivity index (χ2n) is 9.82. The molecule has 1 aliphatic heterocycles. The lowest BCUT2D eigenvalue weighted by atomic mass is 10.1. The first-order chi connectivity index (χ1) is 19.4. The molecule has 40 heavy (non-hydrogen) atoms. The number of hydrogen-bond acceptors (Lipinski definition) is 8. The van der Waals surface area contributed by atoms with Crippen LogP contribution in [0.4, 0.5) is 17.2 Å². The molecule has 208 valence electrons. The molecule has 0 unspecified atom stereocenters. The summed E-state index contributed by atoms with van der Waals surface area (Å²) in [5.74, 6) is 1.32. The van der Waals surface area contributed by atoms with Gasteiger partial charge in [0.15, 0.2) is 0 Å². The molecule has 0 atom stereocenters. The highest BCUT2D eigenvalue weighted by molar-refractivity contribution is 6.00. The van der Waals surface area contributed by atoms with Gasteiger partial charge in [-0.25, -0.2) is 9.97 Å². The van der Waals surface area contributed by atoms with E-state index in [1.807, 2.05) is 25.2 Å². The molecule has 2 N–H and O–H groups in total. The third-order valence-corrected chi connectivity index (χ3v) is 7.11. The van der Waals surface area contributed by atoms with E-state index in [2.05, 4.69) is 66.9 Å². The highest BCUT2D eigenvalue weighted by atomic mass is 16.5. The van der Waals surface area contributed by atoms with Crippen LogP contribution < -0.4 is 20.1 Å². The van der Waals surface area contributed by atoms with Crippen LogP contribution in [0.3, 0.4) is 0 Å². The van der Waals surface area contributed by atoms with Crippen LogP contribution in [0.2, 0.25) is 0 Å². The first-order valence-corrected chi connectivity index (χ1v) is 13.3. The molecule has 0 spiro atoms. The fourth-order valence-electron chi connectivity index (χ4n) is 4.84. The summed E-state index contributed by atoms with van der Waals surface area (Å²) >= 11 is 0. The zero-order chi connectivity index (χ0) is 28.1. The Balaban J connectivity index is 1.39. The molecule has 10 nitrogen and oxygen atoms in total. The average molecular weight is 542 g/mol. The summed E-state index contributed by atoms with van der Waals surface area (Å²) in [5.41, 5.74) is 4.06. The molecule has 1 amide bonds. The summed E-state index contributed by atoms with van der Waals surface area (Å²) in [6.07, 6.45) is 4.82. The number of aromatic nitrogens is 3. The van der Waals surface area contributed by atoms with Crippen molar-refractivity contribution in [3.05, 3.63) is 67.6 Å². The van der Waals surface area contributed by atoms with Crippen LogP contribution in [0, 0.1) is 0 Å². The van der Waals surface area contributed by atoms with Gasteiger partial charge >= 0.3 is 0 Å². The summed E-state index contributed by atoms with van der Waals surface area (Å²) in [6.45, 7) is 8.95. The van der Waals surface area contributed by atoms with Crippen LogP contribution in [0.5, 0.6) is 11.5 Å². The normalized spacial score (nSPS) is 14.2. The van der Waals surface area contributed by atoms with E-state index >= 15 is 0 Å². The minimum Gasteiger partial charge on any atom is -0.494 e. The van der Waals surface area contributed by atoms with E-state index in [9.17, 15) is 4.79 Å². The fraction of sp³-hybridized carbons (Fsp3) is 0.300. The molecule has 0 aliphatic carbocycles. The minimum atomic E-state index is -0.333. The van der Waals surface area contributed by atoms with Gasteiger partial charge in [-0.2, -0.15) is 0 Å². The van der Waals surface area contributed by atoms with Gasteiger partial charge in [-0.15, -0.1) is 0 Å². The van der Waals surface area contributed by atoms with Crippen molar-refractivity contribution in [3.8, 4) is 22.8 Å². The summed E-state index contributed by atoms with van der Waals surface area (Å²) in [5, 5.41) is 7.30. The molecule has 2 aromatic heterocycles. The fourth-order valence-corrected chi connectivity index (χ4v) is 4.84. The smallest absolute Gasteiger partial charge is 0.247 e. The highest BCUT2D eigenvalue weighted by Gasteiger charge is 2.17. The number of likely N-dealkylation sites (N-methyl/N-ethyl adjacent to an activating group) is 1. The maximum atomic E-state index is 12.2. The van der Waals surface area contributed by atoms with Crippen LogP contribution in [0.15, 0.2) is 67.6 Å². The highest BCUT2D eigenvalue weighted by Crippen LogP contribution is 2.38. The van der Waals surface area contributed by atoms with Crippen molar-refractivity contribution in [3.63, 3.8) is 0 Å². The Morgan fingerprint density at radius 2 is 1.85 bits per heavy atom. The van der Waals surface area contributed by atoms with Gasteiger partial charge < -0.3 is 29.6 Å². The van der Waals surface area contributed by atoms with Crippen LogP contribution in [-0.2, 0) is 11.8 Å². The zero-order valence-electron chi connectivity index (χ0n) is 23.2. The average Bonchev–Trinajstić information content (AvgIpc) is 3.31. The first-order valence-electron chi connectivity index (χ1n) is 13.3. The number of ether oxygens (including phenoxy) is 2. The number of nitrogens with one attached hydrogen (secondary N) is 2. The summed E-state index contributed by atoms with van der Waals surface area (Å²) in [6, 6.07) is 13.7. The van der Waals surface area contributed by atoms with Crippen LogP contribution in [-0.4, -0.2) is 83.7 Å². The lowest BCUT2D eigenvalue weighted by Gasteiger charge is -2.32. The SMILES string of the molecule is C=CC(=O)Nc1cc(Nc2cc(-c3cn(C)c4ccccc34)ncn2)c(OC)cc1OCCN1CCN(C)CC1. The van der Waals surface area contributed by atoms with E-state index in [4.69, 9.17) is 9.47 Å². The lowest BCUT2D eigenvalue weighted by molar-refractivity contribution is -0.111. The van der Waals surface area contributed by atoms with Gasteiger partial charge in [0.1, 0.15) is 30.3 Å². The van der Waals surface area contributed by atoms with Gasteiger partial charge in [0, 0.05) is 74.6 Å². The summed E-state index contributed by atoms with van der Waals surface area (Å²) in [4.78, 5) is 25.9. The molecular weight excluding hydrogens is 506 g/mol. The quantitative estimate of drug-likeness (QED) is 0.289. The number of para-hydroxylation sites is 1.